The number of aliphatic carboxylic acids is 1. The molecular formula is C20H29N4Na3O19P2. The second kappa shape index (κ2) is 19.6. The second-order valence-electron chi connectivity index (χ2n) is 9.87. The number of aliphatic hydroxyl groups excluding tert-OH is 5. The first-order valence-corrected chi connectivity index (χ1v) is 15.5. The van der Waals surface area contributed by atoms with E-state index in [4.69, 9.17) is 20.1 Å². The first kappa shape index (κ1) is 48.6. The van der Waals surface area contributed by atoms with Crippen molar-refractivity contribution in [3.05, 3.63) is 22.7 Å². The Morgan fingerprint density at radius 2 is 1.79 bits per heavy atom. The van der Waals surface area contributed by atoms with Gasteiger partial charge in [-0.2, -0.15) is 4.98 Å². The van der Waals surface area contributed by atoms with Crippen molar-refractivity contribution in [1.82, 2.24) is 14.9 Å². The summed E-state index contributed by atoms with van der Waals surface area (Å²) in [6.07, 6.45) is -16.4. The smallest absolute Gasteiger partial charge is 0.756 e. The molecule has 2 unspecified atom stereocenters. The van der Waals surface area contributed by atoms with Crippen molar-refractivity contribution >= 4 is 33.3 Å². The number of phosphoric acid groups is 2. The van der Waals surface area contributed by atoms with Gasteiger partial charge in [0.25, 0.3) is 15.6 Å². The van der Waals surface area contributed by atoms with E-state index in [1.54, 1.807) is 0 Å². The molecule has 23 nitrogen and oxygen atoms in total. The summed E-state index contributed by atoms with van der Waals surface area (Å²) in [6.45, 7) is -1.59. The van der Waals surface area contributed by atoms with E-state index in [0.29, 0.717) is 0 Å². The Labute approximate surface area is 336 Å². The van der Waals surface area contributed by atoms with Gasteiger partial charge in [-0.05, 0) is 6.07 Å². The molecule has 1 aromatic heterocycles. The fourth-order valence-corrected chi connectivity index (χ4v) is 5.74. The van der Waals surface area contributed by atoms with Crippen molar-refractivity contribution in [2.45, 2.75) is 74.1 Å². The zero-order valence-electron chi connectivity index (χ0n) is 25.8. The first-order chi connectivity index (χ1) is 20.7. The van der Waals surface area contributed by atoms with Crippen molar-refractivity contribution in [3.63, 3.8) is 0 Å². The molecule has 0 spiro atoms. The summed E-state index contributed by atoms with van der Waals surface area (Å²) in [5.41, 5.74) is 4.39. The van der Waals surface area contributed by atoms with Crippen LogP contribution >= 0.6 is 15.6 Å². The number of carbonyl (C=O) groups is 2. The van der Waals surface area contributed by atoms with Gasteiger partial charge in [0, 0.05) is 19.5 Å². The molecular weight excluding hydrogens is 731 g/mol. The van der Waals surface area contributed by atoms with Crippen LogP contribution in [0.15, 0.2) is 17.1 Å². The monoisotopic (exact) mass is 760 g/mol. The van der Waals surface area contributed by atoms with Gasteiger partial charge in [0.1, 0.15) is 48.4 Å². The molecule has 0 saturated carbocycles. The van der Waals surface area contributed by atoms with E-state index in [1.807, 2.05) is 0 Å². The topological polar surface area (TPSA) is 378 Å². The van der Waals surface area contributed by atoms with Gasteiger partial charge in [0.05, 0.1) is 25.4 Å². The van der Waals surface area contributed by atoms with E-state index in [1.165, 1.54) is 0 Å². The minimum absolute atomic E-state index is 0. The molecule has 2 aliphatic heterocycles. The number of nitrogens with one attached hydrogen (secondary N) is 1. The molecule has 0 aliphatic carbocycles. The normalized spacial score (nSPS) is 32.1. The van der Waals surface area contributed by atoms with Crippen LogP contribution in [0.5, 0.6) is 0 Å². The Kier molecular flexibility index (Phi) is 19.8. The summed E-state index contributed by atoms with van der Waals surface area (Å²) in [4.78, 5) is 71.6. The number of hydrogen-bond acceptors (Lipinski definition) is 20. The number of carboxylic acids is 1. The number of nitrogens with two attached hydrogens (primary N) is 1. The predicted molar refractivity (Wildman–Crippen MR) is 132 cm³/mol. The Morgan fingerprint density at radius 3 is 2.31 bits per heavy atom. The van der Waals surface area contributed by atoms with Gasteiger partial charge in [0.2, 0.25) is 11.7 Å². The van der Waals surface area contributed by atoms with Crippen LogP contribution in [0.1, 0.15) is 19.6 Å². The molecule has 2 fully saturated rings. The standard InChI is InChI=1S/C20H32N4O19P2.3Na/c1-7(25)22-12-8(26)4-20(18(31)32,42-16(12)13(28)9(27)5-39-44(34,35)36)43-45(37,38)40-6-10-14(29)15(30)17(41-10)24-3-2-11(21)23-19(24)33;;;/h2-3,8-10,12-17,26-30H,4-6H2,1H3,(H,22,25)(H,31,32)(H,37,38)(H2,21,23,33)(H2,34,35,36);;;/q;3*+1/p-3/t8-,9+,10+,12+,13+,14+,15+,16+,17+,20+;;;/m0.../s1. The van der Waals surface area contributed by atoms with Crippen LogP contribution in [0.2, 0.25) is 0 Å². The van der Waals surface area contributed by atoms with Crippen molar-refractivity contribution in [3.8, 4) is 0 Å². The largest absolute Gasteiger partial charge is 1.00 e. The van der Waals surface area contributed by atoms with Crippen molar-refractivity contribution in [2.24, 2.45) is 0 Å². The average molecular weight is 760 g/mol. The number of carbonyl (C=O) groups excluding carboxylic acids is 2. The van der Waals surface area contributed by atoms with E-state index in [0.717, 1.165) is 23.8 Å². The third-order valence-corrected chi connectivity index (χ3v) is 7.97. The van der Waals surface area contributed by atoms with Crippen LogP contribution < -0.4 is 120 Å². The Bertz CT molecular complexity index is 1410. The number of ether oxygens (including phenoxy) is 2. The molecule has 0 aromatic carbocycles. The second-order valence-corrected chi connectivity index (χ2v) is 12.4. The molecule has 9 N–H and O–H groups in total. The molecule has 48 heavy (non-hydrogen) atoms. The maximum absolute atomic E-state index is 12.7. The molecule has 1 amide bonds. The molecule has 2 saturated heterocycles. The fourth-order valence-electron chi connectivity index (χ4n) is 4.46. The SMILES string of the molecule is CC(=O)N[C@H]1[C@H]([C@H](O)[C@H](O)COP(=O)([O-])O)O[C@](OP(=O)([O-])OC[C@H]2O[C@@H](n3ccc(N)nc3=O)[C@H](O)[C@@H]2O)(C(=O)[O-])C[C@@H]1O.[Na+].[Na+].[Na+]. The number of phosphoric ester groups is 2. The van der Waals surface area contributed by atoms with Gasteiger partial charge < -0.3 is 79.7 Å². The van der Waals surface area contributed by atoms with Crippen LogP contribution in [0.25, 0.3) is 0 Å². The van der Waals surface area contributed by atoms with Crippen molar-refractivity contribution in [2.75, 3.05) is 18.9 Å². The number of aliphatic hydroxyl groups is 5. The van der Waals surface area contributed by atoms with Gasteiger partial charge in [0.15, 0.2) is 6.23 Å². The zero-order chi connectivity index (χ0) is 34.1. The van der Waals surface area contributed by atoms with Gasteiger partial charge in [-0.3, -0.25) is 23.0 Å². The molecule has 2 aliphatic rings. The zero-order valence-corrected chi connectivity index (χ0v) is 33.6. The number of carboxylic acid groups (broad SMARTS) is 1. The average Bonchev–Trinajstić information content (AvgIpc) is 3.19. The van der Waals surface area contributed by atoms with Crippen LogP contribution in [0.3, 0.4) is 0 Å². The maximum atomic E-state index is 12.7. The fraction of sp³-hybridized carbons (Fsp3) is 0.700. The molecule has 256 valence electrons. The van der Waals surface area contributed by atoms with Gasteiger partial charge in [-0.15, -0.1) is 0 Å². The van der Waals surface area contributed by atoms with E-state index < -0.39 is 114 Å². The maximum Gasteiger partial charge on any atom is 1.00 e. The number of amides is 1. The van der Waals surface area contributed by atoms with Crippen LogP contribution in [-0.2, 0) is 41.8 Å². The quantitative estimate of drug-likeness (QED) is 0.0683. The molecule has 1 aromatic rings. The number of aromatic nitrogens is 2. The van der Waals surface area contributed by atoms with E-state index in [-0.39, 0.29) is 94.5 Å². The van der Waals surface area contributed by atoms with Crippen molar-refractivity contribution in [1.29, 1.82) is 0 Å². The summed E-state index contributed by atoms with van der Waals surface area (Å²) in [6, 6.07) is -0.623. The van der Waals surface area contributed by atoms with E-state index in [9.17, 15) is 63.9 Å². The van der Waals surface area contributed by atoms with Crippen molar-refractivity contribution < 1.29 is 176 Å². The van der Waals surface area contributed by atoms with Gasteiger partial charge in [-0.1, -0.05) is 0 Å². The summed E-state index contributed by atoms with van der Waals surface area (Å²) >= 11 is 0. The Hall–Kier alpha value is 0.560. The number of nitrogen functional groups attached to an aromatic ring is 1. The first-order valence-electron chi connectivity index (χ1n) is 12.6. The van der Waals surface area contributed by atoms with Gasteiger partial charge >= 0.3 is 94.4 Å². The number of rotatable bonds is 13. The number of anilines is 1. The summed E-state index contributed by atoms with van der Waals surface area (Å²) in [5.74, 6) is -7.07. The third-order valence-electron chi connectivity index (χ3n) is 6.51. The molecule has 0 bridgehead atoms. The molecule has 0 radical (unpaired) electrons. The molecule has 12 atom stereocenters. The van der Waals surface area contributed by atoms with Crippen LogP contribution in [-0.4, -0.2) is 120 Å². The molecule has 3 rings (SSSR count). The number of hydrogen-bond donors (Lipinski definition) is 8. The minimum Gasteiger partial charge on any atom is -0.756 e. The van der Waals surface area contributed by atoms with Gasteiger partial charge in [-0.25, -0.2) is 4.79 Å². The van der Waals surface area contributed by atoms with Crippen LogP contribution in [0, 0.1) is 0 Å². The van der Waals surface area contributed by atoms with Crippen LogP contribution in [0.4, 0.5) is 5.82 Å². The predicted octanol–water partition coefficient (Wildman–Crippen LogP) is -16.7. The number of nitrogens with zero attached hydrogens (tertiary/aromatic N) is 2. The third kappa shape index (κ3) is 12.6. The Balaban J connectivity index is 0.00000736. The van der Waals surface area contributed by atoms with E-state index >= 15 is 0 Å². The minimum atomic E-state index is -5.92. The summed E-state index contributed by atoms with van der Waals surface area (Å²) in [7, 11) is -11.4. The molecule has 3 heterocycles. The summed E-state index contributed by atoms with van der Waals surface area (Å²) < 4.78 is 47.9. The Morgan fingerprint density at radius 1 is 1.19 bits per heavy atom. The van der Waals surface area contributed by atoms with E-state index in [2.05, 4.69) is 23.9 Å². The molecule has 28 heteroatoms. The summed E-state index contributed by atoms with van der Waals surface area (Å²) in [5, 5.41) is 66.2.